The number of rotatable bonds is 5. The third-order valence-electron chi connectivity index (χ3n) is 2.38. The van der Waals surface area contributed by atoms with E-state index in [1.807, 2.05) is 31.2 Å². The van der Waals surface area contributed by atoms with Crippen LogP contribution >= 0.6 is 0 Å². The van der Waals surface area contributed by atoms with Crippen molar-refractivity contribution in [3.63, 3.8) is 0 Å². The normalized spacial score (nSPS) is 11.1. The summed E-state index contributed by atoms with van der Waals surface area (Å²) in [5, 5.41) is 2.86. The zero-order chi connectivity index (χ0) is 12.7. The fourth-order valence-electron chi connectivity index (χ4n) is 1.39. The van der Waals surface area contributed by atoms with Gasteiger partial charge in [-0.2, -0.15) is 0 Å². The molecule has 1 aromatic rings. The summed E-state index contributed by atoms with van der Waals surface area (Å²) in [5.41, 5.74) is 1.85. The van der Waals surface area contributed by atoms with Crippen molar-refractivity contribution in [2.45, 2.75) is 27.2 Å². The van der Waals surface area contributed by atoms with Gasteiger partial charge in [-0.25, -0.2) is 0 Å². The highest BCUT2D eigenvalue weighted by Gasteiger charge is 2.02. The Balaban J connectivity index is 2.64. The minimum absolute atomic E-state index is 0.00578. The average molecular weight is 231 g/mol. The van der Waals surface area contributed by atoms with Gasteiger partial charge in [0, 0.05) is 12.1 Å². The summed E-state index contributed by atoms with van der Waals surface area (Å²) < 4.78 is 0. The molecule has 92 valence electrons. The van der Waals surface area contributed by atoms with Crippen molar-refractivity contribution >= 4 is 12.0 Å². The Morgan fingerprint density at radius 1 is 1.29 bits per heavy atom. The SMILES string of the molecule is CCCNC(=O)c1ccc(/C=C/C(C)C)cc1. The van der Waals surface area contributed by atoms with E-state index in [4.69, 9.17) is 0 Å². The van der Waals surface area contributed by atoms with E-state index in [1.54, 1.807) is 0 Å². The van der Waals surface area contributed by atoms with Crippen LogP contribution in [0.25, 0.3) is 6.08 Å². The largest absolute Gasteiger partial charge is 0.352 e. The Morgan fingerprint density at radius 2 is 1.94 bits per heavy atom. The highest BCUT2D eigenvalue weighted by molar-refractivity contribution is 5.94. The van der Waals surface area contributed by atoms with Gasteiger partial charge < -0.3 is 5.32 Å². The Kier molecular flexibility index (Phi) is 5.47. The van der Waals surface area contributed by atoms with Crippen LogP contribution in [0, 0.1) is 5.92 Å². The Bertz CT molecular complexity index is 376. The molecular weight excluding hydrogens is 210 g/mol. The van der Waals surface area contributed by atoms with Crippen LogP contribution in [0.3, 0.4) is 0 Å². The van der Waals surface area contributed by atoms with Gasteiger partial charge in [-0.1, -0.05) is 45.1 Å². The van der Waals surface area contributed by atoms with Crippen LogP contribution in [-0.2, 0) is 0 Å². The summed E-state index contributed by atoms with van der Waals surface area (Å²) in [7, 11) is 0. The monoisotopic (exact) mass is 231 g/mol. The van der Waals surface area contributed by atoms with Crippen molar-refractivity contribution in [1.29, 1.82) is 0 Å². The maximum atomic E-state index is 11.7. The van der Waals surface area contributed by atoms with Gasteiger partial charge in [0.25, 0.3) is 5.91 Å². The molecule has 0 heterocycles. The summed E-state index contributed by atoms with van der Waals surface area (Å²) in [4.78, 5) is 11.7. The number of carbonyl (C=O) groups excluding carboxylic acids is 1. The lowest BCUT2D eigenvalue weighted by atomic mass is 10.1. The van der Waals surface area contributed by atoms with Gasteiger partial charge in [0.2, 0.25) is 0 Å². The highest BCUT2D eigenvalue weighted by atomic mass is 16.1. The van der Waals surface area contributed by atoms with Crippen molar-refractivity contribution in [1.82, 2.24) is 5.32 Å². The maximum absolute atomic E-state index is 11.7. The van der Waals surface area contributed by atoms with Crippen molar-refractivity contribution in [3.05, 3.63) is 41.5 Å². The first kappa shape index (κ1) is 13.5. The van der Waals surface area contributed by atoms with Gasteiger partial charge in [0.15, 0.2) is 0 Å². The van der Waals surface area contributed by atoms with Crippen molar-refractivity contribution in [2.24, 2.45) is 5.92 Å². The quantitative estimate of drug-likeness (QED) is 0.825. The molecule has 0 aliphatic carbocycles. The summed E-state index contributed by atoms with van der Waals surface area (Å²) in [6, 6.07) is 7.68. The molecule has 0 saturated carbocycles. The van der Waals surface area contributed by atoms with E-state index in [1.165, 1.54) is 0 Å². The lowest BCUT2D eigenvalue weighted by Gasteiger charge is -2.03. The fraction of sp³-hybridized carbons (Fsp3) is 0.400. The molecule has 2 nitrogen and oxygen atoms in total. The number of allylic oxidation sites excluding steroid dienone is 1. The molecule has 1 rings (SSSR count). The third-order valence-corrected chi connectivity index (χ3v) is 2.38. The van der Waals surface area contributed by atoms with E-state index >= 15 is 0 Å². The summed E-state index contributed by atoms with van der Waals surface area (Å²) in [6.45, 7) is 7.06. The predicted octanol–water partition coefficient (Wildman–Crippen LogP) is 3.50. The average Bonchev–Trinajstić information content (AvgIpc) is 2.34. The minimum atomic E-state index is 0.00578. The van der Waals surface area contributed by atoms with E-state index in [-0.39, 0.29) is 5.91 Å². The van der Waals surface area contributed by atoms with E-state index in [9.17, 15) is 4.79 Å². The number of carbonyl (C=O) groups is 1. The molecule has 1 amide bonds. The van der Waals surface area contributed by atoms with E-state index in [2.05, 4.69) is 31.3 Å². The molecule has 0 radical (unpaired) electrons. The van der Waals surface area contributed by atoms with Gasteiger partial charge in [-0.3, -0.25) is 4.79 Å². The molecular formula is C15H21NO. The molecule has 0 spiro atoms. The Morgan fingerprint density at radius 3 is 2.47 bits per heavy atom. The van der Waals surface area contributed by atoms with Crippen LogP contribution in [0.2, 0.25) is 0 Å². The molecule has 1 N–H and O–H groups in total. The van der Waals surface area contributed by atoms with Crippen LogP contribution in [0.5, 0.6) is 0 Å². The minimum Gasteiger partial charge on any atom is -0.352 e. The van der Waals surface area contributed by atoms with Gasteiger partial charge in [-0.15, -0.1) is 0 Å². The standard InChI is InChI=1S/C15H21NO/c1-4-11-16-15(17)14-9-7-13(8-10-14)6-5-12(2)3/h5-10,12H,4,11H2,1-3H3,(H,16,17)/b6-5+. The first-order valence-corrected chi connectivity index (χ1v) is 6.20. The lowest BCUT2D eigenvalue weighted by Crippen LogP contribution is -2.23. The van der Waals surface area contributed by atoms with Crippen LogP contribution in [-0.4, -0.2) is 12.5 Å². The molecule has 1 aromatic carbocycles. The molecule has 17 heavy (non-hydrogen) atoms. The van der Waals surface area contributed by atoms with Gasteiger partial charge >= 0.3 is 0 Å². The van der Waals surface area contributed by atoms with E-state index < -0.39 is 0 Å². The van der Waals surface area contributed by atoms with Crippen molar-refractivity contribution < 1.29 is 4.79 Å². The van der Waals surface area contributed by atoms with Gasteiger partial charge in [0.1, 0.15) is 0 Å². The van der Waals surface area contributed by atoms with Crippen molar-refractivity contribution in [3.8, 4) is 0 Å². The molecule has 0 aliphatic heterocycles. The second-order valence-electron chi connectivity index (χ2n) is 4.48. The zero-order valence-electron chi connectivity index (χ0n) is 10.9. The molecule has 0 atom stereocenters. The van der Waals surface area contributed by atoms with E-state index in [0.29, 0.717) is 5.92 Å². The number of amides is 1. The van der Waals surface area contributed by atoms with Crippen LogP contribution in [0.4, 0.5) is 0 Å². The highest BCUT2D eigenvalue weighted by Crippen LogP contribution is 2.08. The lowest BCUT2D eigenvalue weighted by molar-refractivity contribution is 0.0953. The summed E-state index contributed by atoms with van der Waals surface area (Å²) in [5.74, 6) is 0.550. The fourth-order valence-corrected chi connectivity index (χ4v) is 1.39. The molecule has 0 aliphatic rings. The third kappa shape index (κ3) is 4.85. The van der Waals surface area contributed by atoms with Gasteiger partial charge in [0.05, 0.1) is 0 Å². The Hall–Kier alpha value is -1.57. The topological polar surface area (TPSA) is 29.1 Å². The van der Waals surface area contributed by atoms with E-state index in [0.717, 1.165) is 24.1 Å². The Labute approximate surface area is 104 Å². The number of hydrogen-bond donors (Lipinski definition) is 1. The van der Waals surface area contributed by atoms with Crippen LogP contribution in [0.1, 0.15) is 43.1 Å². The number of benzene rings is 1. The number of nitrogens with one attached hydrogen (secondary N) is 1. The molecule has 0 unspecified atom stereocenters. The second-order valence-corrected chi connectivity index (χ2v) is 4.48. The molecule has 2 heteroatoms. The predicted molar refractivity (Wildman–Crippen MR) is 72.9 cm³/mol. The smallest absolute Gasteiger partial charge is 0.251 e. The summed E-state index contributed by atoms with van der Waals surface area (Å²) in [6.07, 6.45) is 5.19. The second kappa shape index (κ2) is 6.89. The first-order valence-electron chi connectivity index (χ1n) is 6.20. The summed E-state index contributed by atoms with van der Waals surface area (Å²) >= 11 is 0. The van der Waals surface area contributed by atoms with Crippen LogP contribution in [0.15, 0.2) is 30.3 Å². The van der Waals surface area contributed by atoms with Crippen LogP contribution < -0.4 is 5.32 Å². The molecule has 0 bridgehead atoms. The number of hydrogen-bond acceptors (Lipinski definition) is 1. The van der Waals surface area contributed by atoms with Crippen molar-refractivity contribution in [2.75, 3.05) is 6.54 Å². The maximum Gasteiger partial charge on any atom is 0.251 e. The van der Waals surface area contributed by atoms with Gasteiger partial charge in [-0.05, 0) is 30.0 Å². The molecule has 0 saturated heterocycles. The zero-order valence-corrected chi connectivity index (χ0v) is 10.9. The molecule has 0 aromatic heterocycles. The first-order chi connectivity index (χ1) is 8.13. The molecule has 0 fully saturated rings.